The first-order valence-corrected chi connectivity index (χ1v) is 8.43. The predicted molar refractivity (Wildman–Crippen MR) is 90.7 cm³/mol. The minimum atomic E-state index is -0.134. The van der Waals surface area contributed by atoms with Crippen molar-refractivity contribution in [2.75, 3.05) is 6.54 Å². The molecule has 5 heteroatoms. The van der Waals surface area contributed by atoms with Gasteiger partial charge >= 0.3 is 0 Å². The van der Waals surface area contributed by atoms with Crippen LogP contribution in [0.1, 0.15) is 42.5 Å². The average Bonchev–Trinajstić information content (AvgIpc) is 2.54. The molecule has 1 aliphatic rings. The largest absolute Gasteiger partial charge is 0.352 e. The van der Waals surface area contributed by atoms with Crippen LogP contribution in [0.5, 0.6) is 0 Å². The molecule has 2 aromatic rings. The molecule has 1 aromatic carbocycles. The Morgan fingerprint density at radius 1 is 1.14 bits per heavy atom. The number of halogens is 2. The molecular weight excluding hydrogens is 319 g/mol. The molecule has 3 nitrogen and oxygen atoms in total. The van der Waals surface area contributed by atoms with Gasteiger partial charge in [0.2, 0.25) is 0 Å². The van der Waals surface area contributed by atoms with Crippen molar-refractivity contribution in [2.45, 2.75) is 32.1 Å². The minimum absolute atomic E-state index is 0.134. The zero-order valence-electron chi connectivity index (χ0n) is 12.2. The van der Waals surface area contributed by atoms with E-state index in [1.807, 2.05) is 0 Å². The molecule has 0 atom stereocenters. The van der Waals surface area contributed by atoms with E-state index in [-0.39, 0.29) is 5.91 Å². The molecule has 0 bridgehead atoms. The van der Waals surface area contributed by atoms with Gasteiger partial charge in [-0.05, 0) is 43.0 Å². The summed E-state index contributed by atoms with van der Waals surface area (Å²) < 4.78 is 0. The molecule has 1 aliphatic carbocycles. The Morgan fingerprint density at radius 3 is 2.68 bits per heavy atom. The summed E-state index contributed by atoms with van der Waals surface area (Å²) in [4.78, 5) is 16.8. The molecule has 116 valence electrons. The molecule has 1 heterocycles. The second kappa shape index (κ2) is 6.84. The highest BCUT2D eigenvalue weighted by atomic mass is 35.5. The number of hydrogen-bond acceptors (Lipinski definition) is 2. The van der Waals surface area contributed by atoms with E-state index < -0.39 is 0 Å². The number of benzene rings is 1. The van der Waals surface area contributed by atoms with Gasteiger partial charge in [-0.1, -0.05) is 42.5 Å². The van der Waals surface area contributed by atoms with Crippen LogP contribution in [0.15, 0.2) is 24.3 Å². The van der Waals surface area contributed by atoms with E-state index in [4.69, 9.17) is 23.2 Å². The van der Waals surface area contributed by atoms with Crippen molar-refractivity contribution >= 4 is 40.0 Å². The van der Waals surface area contributed by atoms with Crippen molar-refractivity contribution in [1.82, 2.24) is 10.3 Å². The predicted octanol–water partition coefficient (Wildman–Crippen LogP) is 4.85. The number of carbonyl (C=O) groups is 1. The fourth-order valence-electron chi connectivity index (χ4n) is 3.10. The zero-order valence-corrected chi connectivity index (χ0v) is 13.8. The van der Waals surface area contributed by atoms with Crippen molar-refractivity contribution in [3.05, 3.63) is 40.0 Å². The maximum Gasteiger partial charge on any atom is 0.253 e. The van der Waals surface area contributed by atoms with Gasteiger partial charge in [-0.2, -0.15) is 0 Å². The van der Waals surface area contributed by atoms with Crippen LogP contribution in [0.3, 0.4) is 0 Å². The van der Waals surface area contributed by atoms with Gasteiger partial charge in [0.1, 0.15) is 5.15 Å². The average molecular weight is 337 g/mol. The van der Waals surface area contributed by atoms with Crippen molar-refractivity contribution in [3.63, 3.8) is 0 Å². The van der Waals surface area contributed by atoms with Gasteiger partial charge in [-0.15, -0.1) is 0 Å². The Labute approximate surface area is 140 Å². The van der Waals surface area contributed by atoms with E-state index in [1.54, 1.807) is 24.3 Å². The van der Waals surface area contributed by atoms with Gasteiger partial charge in [-0.3, -0.25) is 4.79 Å². The molecule has 0 unspecified atom stereocenters. The highest BCUT2D eigenvalue weighted by Crippen LogP contribution is 2.27. The maximum atomic E-state index is 12.6. The monoisotopic (exact) mass is 336 g/mol. The number of rotatable bonds is 3. The lowest BCUT2D eigenvalue weighted by Gasteiger charge is -2.22. The van der Waals surface area contributed by atoms with Crippen molar-refractivity contribution in [3.8, 4) is 0 Å². The zero-order chi connectivity index (χ0) is 15.5. The number of nitrogens with zero attached hydrogens (tertiary/aromatic N) is 1. The number of carbonyl (C=O) groups excluding carboxylic acids is 1. The fraction of sp³-hybridized carbons (Fsp3) is 0.412. The number of aromatic nitrogens is 1. The third-order valence-electron chi connectivity index (χ3n) is 4.29. The Bertz CT molecular complexity index is 696. The summed E-state index contributed by atoms with van der Waals surface area (Å²) in [6, 6.07) is 6.95. The van der Waals surface area contributed by atoms with E-state index in [0.29, 0.717) is 33.7 Å². The van der Waals surface area contributed by atoms with Crippen LogP contribution in [0.2, 0.25) is 10.2 Å². The quantitative estimate of drug-likeness (QED) is 0.814. The Morgan fingerprint density at radius 2 is 1.91 bits per heavy atom. The Hall–Kier alpha value is -1.32. The molecule has 22 heavy (non-hydrogen) atoms. The molecule has 1 amide bonds. The fourth-order valence-corrected chi connectivity index (χ4v) is 3.50. The van der Waals surface area contributed by atoms with Gasteiger partial charge in [0.15, 0.2) is 0 Å². The Kier molecular flexibility index (Phi) is 4.84. The minimum Gasteiger partial charge on any atom is -0.352 e. The number of hydrogen-bond donors (Lipinski definition) is 1. The number of nitrogens with one attached hydrogen (secondary N) is 1. The van der Waals surface area contributed by atoms with Crippen LogP contribution in [-0.4, -0.2) is 17.4 Å². The molecule has 0 saturated heterocycles. The standard InChI is InChI=1S/C17H18Cl2N2O/c18-13-7-8-14-12(6-9-15(19)21-14)16(13)17(22)20-10-11-4-2-1-3-5-11/h6-9,11H,1-5,10H2,(H,20,22). The van der Waals surface area contributed by atoms with E-state index in [0.717, 1.165) is 5.39 Å². The molecule has 1 fully saturated rings. The van der Waals surface area contributed by atoms with E-state index in [1.165, 1.54) is 32.1 Å². The van der Waals surface area contributed by atoms with Gasteiger partial charge < -0.3 is 5.32 Å². The van der Waals surface area contributed by atoms with Crippen molar-refractivity contribution in [2.24, 2.45) is 5.92 Å². The third-order valence-corrected chi connectivity index (χ3v) is 4.82. The summed E-state index contributed by atoms with van der Waals surface area (Å²) >= 11 is 12.1. The van der Waals surface area contributed by atoms with E-state index in [9.17, 15) is 4.79 Å². The van der Waals surface area contributed by atoms with E-state index >= 15 is 0 Å². The molecule has 3 rings (SSSR count). The first kappa shape index (κ1) is 15.6. The lowest BCUT2D eigenvalue weighted by atomic mass is 9.89. The van der Waals surface area contributed by atoms with Gasteiger partial charge in [-0.25, -0.2) is 4.98 Å². The van der Waals surface area contributed by atoms with Gasteiger partial charge in [0, 0.05) is 11.9 Å². The lowest BCUT2D eigenvalue weighted by molar-refractivity contribution is 0.0945. The molecule has 0 aliphatic heterocycles. The molecule has 1 N–H and O–H groups in total. The number of pyridine rings is 1. The summed E-state index contributed by atoms with van der Waals surface area (Å²) in [6.45, 7) is 0.715. The lowest BCUT2D eigenvalue weighted by Crippen LogP contribution is -2.30. The van der Waals surface area contributed by atoms with Crippen molar-refractivity contribution < 1.29 is 4.79 Å². The normalized spacial score (nSPS) is 15.9. The summed E-state index contributed by atoms with van der Waals surface area (Å²) in [5.41, 5.74) is 1.17. The Balaban J connectivity index is 1.82. The summed E-state index contributed by atoms with van der Waals surface area (Å²) in [6.07, 6.45) is 6.23. The molecule has 1 saturated carbocycles. The summed E-state index contributed by atoms with van der Waals surface area (Å²) in [5.74, 6) is 0.448. The van der Waals surface area contributed by atoms with E-state index in [2.05, 4.69) is 10.3 Å². The first-order chi connectivity index (χ1) is 10.6. The van der Waals surface area contributed by atoms with Crippen LogP contribution in [0.25, 0.3) is 10.9 Å². The molecule has 0 spiro atoms. The van der Waals surface area contributed by atoms with Gasteiger partial charge in [0.25, 0.3) is 5.91 Å². The third kappa shape index (κ3) is 3.36. The van der Waals surface area contributed by atoms with Crippen LogP contribution < -0.4 is 5.32 Å². The van der Waals surface area contributed by atoms with Crippen molar-refractivity contribution in [1.29, 1.82) is 0 Å². The SMILES string of the molecule is O=C(NCC1CCCCC1)c1c(Cl)ccc2nc(Cl)ccc12. The first-order valence-electron chi connectivity index (χ1n) is 7.68. The number of fused-ring (bicyclic) bond motifs is 1. The highest BCUT2D eigenvalue weighted by molar-refractivity contribution is 6.35. The second-order valence-electron chi connectivity index (χ2n) is 5.84. The molecular formula is C17H18Cl2N2O. The topological polar surface area (TPSA) is 42.0 Å². The highest BCUT2D eigenvalue weighted by Gasteiger charge is 2.18. The number of amides is 1. The maximum absolute atomic E-state index is 12.6. The molecule has 1 aromatic heterocycles. The van der Waals surface area contributed by atoms with Crippen LogP contribution >= 0.6 is 23.2 Å². The smallest absolute Gasteiger partial charge is 0.253 e. The van der Waals surface area contributed by atoms with Crippen LogP contribution in [0, 0.1) is 5.92 Å². The van der Waals surface area contributed by atoms with Crippen LogP contribution in [-0.2, 0) is 0 Å². The van der Waals surface area contributed by atoms with Gasteiger partial charge in [0.05, 0.1) is 16.1 Å². The second-order valence-corrected chi connectivity index (χ2v) is 6.63. The summed E-state index contributed by atoms with van der Waals surface area (Å²) in [5, 5.41) is 4.61. The summed E-state index contributed by atoms with van der Waals surface area (Å²) in [7, 11) is 0. The molecule has 0 radical (unpaired) electrons. The van der Waals surface area contributed by atoms with Crippen LogP contribution in [0.4, 0.5) is 0 Å².